The van der Waals surface area contributed by atoms with Crippen LogP contribution in [0.3, 0.4) is 0 Å². The molecule has 1 rings (SSSR count). The van der Waals surface area contributed by atoms with Gasteiger partial charge in [-0.05, 0) is 28.1 Å². The van der Waals surface area contributed by atoms with Crippen LogP contribution in [0.4, 0.5) is 10.1 Å². The summed E-state index contributed by atoms with van der Waals surface area (Å²) in [5, 5.41) is 19.0. The van der Waals surface area contributed by atoms with Crippen LogP contribution in [0.1, 0.15) is 10.4 Å². The van der Waals surface area contributed by atoms with Gasteiger partial charge in [-0.1, -0.05) is 0 Å². The highest BCUT2D eigenvalue weighted by Crippen LogP contribution is 2.30. The third-order valence-corrected chi connectivity index (χ3v) is 2.11. The molecule has 0 radical (unpaired) electrons. The number of rotatable bonds is 2. The Balaban J connectivity index is 3.58. The van der Waals surface area contributed by atoms with Crippen LogP contribution in [0, 0.1) is 15.9 Å². The molecule has 1 aromatic carbocycles. The van der Waals surface area contributed by atoms with Gasteiger partial charge in [-0.3, -0.25) is 10.1 Å². The van der Waals surface area contributed by atoms with Crippen molar-refractivity contribution in [1.29, 1.82) is 0 Å². The Morgan fingerprint density at radius 3 is 2.50 bits per heavy atom. The second kappa shape index (κ2) is 3.70. The molecule has 0 aromatic heterocycles. The van der Waals surface area contributed by atoms with Gasteiger partial charge in [0.15, 0.2) is 5.56 Å². The fourth-order valence-electron chi connectivity index (χ4n) is 0.923. The lowest BCUT2D eigenvalue weighted by Crippen LogP contribution is -2.06. The second-order valence-electron chi connectivity index (χ2n) is 2.32. The molecule has 1 N–H and O–H groups in total. The van der Waals surface area contributed by atoms with Crippen molar-refractivity contribution in [2.24, 2.45) is 0 Å². The van der Waals surface area contributed by atoms with Gasteiger partial charge in [0.1, 0.15) is 5.82 Å². The number of carboxylic acid groups (broad SMARTS) is 1. The third-order valence-electron chi connectivity index (χ3n) is 1.47. The molecule has 7 heteroatoms. The molecule has 0 atom stereocenters. The number of halogens is 2. The van der Waals surface area contributed by atoms with Crippen LogP contribution in [0.25, 0.3) is 0 Å². The Kier molecular flexibility index (Phi) is 2.80. The van der Waals surface area contributed by atoms with Gasteiger partial charge >= 0.3 is 11.7 Å². The normalized spacial score (nSPS) is 9.86. The molecule has 0 saturated heterocycles. The minimum atomic E-state index is -1.67. The summed E-state index contributed by atoms with van der Waals surface area (Å²) >= 11 is 2.78. The molecule has 0 saturated carbocycles. The molecule has 5 nitrogen and oxygen atoms in total. The van der Waals surface area contributed by atoms with Crippen molar-refractivity contribution in [3.63, 3.8) is 0 Å². The largest absolute Gasteiger partial charge is 0.477 e. The number of benzene rings is 1. The molecule has 0 heterocycles. The van der Waals surface area contributed by atoms with Crippen molar-refractivity contribution in [2.75, 3.05) is 0 Å². The number of carboxylic acids is 1. The lowest BCUT2D eigenvalue weighted by molar-refractivity contribution is -0.386. The lowest BCUT2D eigenvalue weighted by Gasteiger charge is -2.00. The van der Waals surface area contributed by atoms with E-state index >= 15 is 0 Å². The summed E-state index contributed by atoms with van der Waals surface area (Å²) in [6.07, 6.45) is 0. The average molecular weight is 264 g/mol. The summed E-state index contributed by atoms with van der Waals surface area (Å²) in [6, 6.07) is 1.93. The summed E-state index contributed by atoms with van der Waals surface area (Å²) in [4.78, 5) is 20.0. The quantitative estimate of drug-likeness (QED) is 0.655. The van der Waals surface area contributed by atoms with E-state index in [9.17, 15) is 19.3 Å². The minimum absolute atomic E-state index is 0.0682. The maximum atomic E-state index is 12.9. The molecule has 0 unspecified atom stereocenters. The minimum Gasteiger partial charge on any atom is -0.477 e. The zero-order chi connectivity index (χ0) is 10.9. The fraction of sp³-hybridized carbons (Fsp3) is 0. The molecule has 1 aromatic rings. The lowest BCUT2D eigenvalue weighted by atomic mass is 10.2. The van der Waals surface area contributed by atoms with Gasteiger partial charge in [0.25, 0.3) is 0 Å². The van der Waals surface area contributed by atoms with Crippen LogP contribution >= 0.6 is 15.9 Å². The summed E-state index contributed by atoms with van der Waals surface area (Å²) in [7, 11) is 0. The summed E-state index contributed by atoms with van der Waals surface area (Å²) < 4.78 is 12.9. The molecule has 0 spiro atoms. The standard InChI is InChI=1S/C7H3BrFNO4/c8-3-1-2-4(9)5(7(11)12)6(3)10(13)14/h1-2H,(H,11,12). The Morgan fingerprint density at radius 1 is 1.57 bits per heavy atom. The molecular weight excluding hydrogens is 261 g/mol. The van der Waals surface area contributed by atoms with Crippen molar-refractivity contribution in [3.8, 4) is 0 Å². The van der Waals surface area contributed by atoms with Crippen molar-refractivity contribution < 1.29 is 19.2 Å². The maximum absolute atomic E-state index is 12.9. The van der Waals surface area contributed by atoms with E-state index in [2.05, 4.69) is 15.9 Å². The zero-order valence-electron chi connectivity index (χ0n) is 6.53. The topological polar surface area (TPSA) is 80.4 Å². The first-order chi connectivity index (χ1) is 6.45. The van der Waals surface area contributed by atoms with E-state index < -0.39 is 28.0 Å². The number of aromatic carboxylic acids is 1. The van der Waals surface area contributed by atoms with E-state index in [0.29, 0.717) is 0 Å². The first kappa shape index (κ1) is 10.6. The van der Waals surface area contributed by atoms with Gasteiger partial charge in [-0.15, -0.1) is 0 Å². The number of nitro benzene ring substituents is 1. The van der Waals surface area contributed by atoms with Crippen LogP contribution in [0.15, 0.2) is 16.6 Å². The van der Waals surface area contributed by atoms with Gasteiger partial charge in [0, 0.05) is 0 Å². The molecule has 0 fully saturated rings. The fourth-order valence-corrected chi connectivity index (χ4v) is 1.40. The molecule has 14 heavy (non-hydrogen) atoms. The molecule has 0 aliphatic rings. The van der Waals surface area contributed by atoms with Crippen molar-refractivity contribution >= 4 is 27.6 Å². The van der Waals surface area contributed by atoms with Gasteiger partial charge in [-0.25, -0.2) is 9.18 Å². The van der Waals surface area contributed by atoms with Crippen LogP contribution in [0.2, 0.25) is 0 Å². The van der Waals surface area contributed by atoms with Crippen LogP contribution in [0.5, 0.6) is 0 Å². The van der Waals surface area contributed by atoms with Crippen molar-refractivity contribution in [1.82, 2.24) is 0 Å². The van der Waals surface area contributed by atoms with Gasteiger partial charge < -0.3 is 5.11 Å². The SMILES string of the molecule is O=C(O)c1c(F)ccc(Br)c1[N+](=O)[O-]. The first-order valence-corrected chi connectivity index (χ1v) is 4.10. The highest BCUT2D eigenvalue weighted by molar-refractivity contribution is 9.10. The molecule has 0 aliphatic heterocycles. The van der Waals surface area contributed by atoms with E-state index in [1.165, 1.54) is 0 Å². The van der Waals surface area contributed by atoms with E-state index in [1.807, 2.05) is 0 Å². The van der Waals surface area contributed by atoms with Crippen LogP contribution < -0.4 is 0 Å². The van der Waals surface area contributed by atoms with E-state index in [4.69, 9.17) is 5.11 Å². The second-order valence-corrected chi connectivity index (χ2v) is 3.17. The van der Waals surface area contributed by atoms with Gasteiger partial charge in [0.05, 0.1) is 9.40 Å². The summed E-state index contributed by atoms with van der Waals surface area (Å²) in [5.41, 5.74) is -1.72. The van der Waals surface area contributed by atoms with Crippen molar-refractivity contribution in [2.45, 2.75) is 0 Å². The van der Waals surface area contributed by atoms with E-state index in [1.54, 1.807) is 0 Å². The predicted molar refractivity (Wildman–Crippen MR) is 47.7 cm³/mol. The van der Waals surface area contributed by atoms with Gasteiger partial charge in [-0.2, -0.15) is 0 Å². The Bertz CT molecular complexity index is 381. The number of hydrogen-bond donors (Lipinski definition) is 1. The summed E-state index contributed by atoms with van der Waals surface area (Å²) in [6.45, 7) is 0. The highest BCUT2D eigenvalue weighted by atomic mass is 79.9. The molecule has 0 aliphatic carbocycles. The first-order valence-electron chi connectivity index (χ1n) is 3.31. The molecule has 0 amide bonds. The number of nitro groups is 1. The number of nitrogens with zero attached hydrogens (tertiary/aromatic N) is 1. The Hall–Kier alpha value is -1.50. The Morgan fingerprint density at radius 2 is 2.14 bits per heavy atom. The molecule has 74 valence electrons. The number of hydrogen-bond acceptors (Lipinski definition) is 3. The predicted octanol–water partition coefficient (Wildman–Crippen LogP) is 2.19. The van der Waals surface area contributed by atoms with E-state index in [-0.39, 0.29) is 4.47 Å². The number of carbonyl (C=O) groups is 1. The monoisotopic (exact) mass is 263 g/mol. The van der Waals surface area contributed by atoms with Crippen LogP contribution in [-0.2, 0) is 0 Å². The Labute approximate surface area is 85.4 Å². The van der Waals surface area contributed by atoms with Crippen LogP contribution in [-0.4, -0.2) is 16.0 Å². The zero-order valence-corrected chi connectivity index (χ0v) is 8.12. The smallest absolute Gasteiger partial charge is 0.345 e. The maximum Gasteiger partial charge on any atom is 0.345 e. The van der Waals surface area contributed by atoms with E-state index in [0.717, 1.165) is 12.1 Å². The molecular formula is C7H3BrFNO4. The average Bonchev–Trinajstić information content (AvgIpc) is 2.07. The third kappa shape index (κ3) is 1.72. The highest BCUT2D eigenvalue weighted by Gasteiger charge is 2.27. The van der Waals surface area contributed by atoms with Gasteiger partial charge in [0.2, 0.25) is 0 Å². The molecule has 0 bridgehead atoms. The summed E-state index contributed by atoms with van der Waals surface area (Å²) in [5.74, 6) is -2.80. The van der Waals surface area contributed by atoms with Crippen molar-refractivity contribution in [3.05, 3.63) is 38.1 Å².